The minimum atomic E-state index is -3.08. The molecule has 1 fully saturated rings. The first-order valence-corrected chi connectivity index (χ1v) is 8.08. The molecule has 1 rings (SSSR count). The number of nitrogens with one attached hydrogen (secondary N) is 2. The maximum Gasteiger partial charge on any atom is 0.211 e. The second kappa shape index (κ2) is 7.31. The molecule has 0 aromatic heterocycles. The van der Waals surface area contributed by atoms with Crippen LogP contribution in [-0.4, -0.2) is 58.3 Å². The van der Waals surface area contributed by atoms with Crippen LogP contribution in [0.15, 0.2) is 0 Å². The van der Waals surface area contributed by atoms with Gasteiger partial charge >= 0.3 is 0 Å². The third-order valence-corrected chi connectivity index (χ3v) is 4.44. The zero-order chi connectivity index (χ0) is 12.7. The van der Waals surface area contributed by atoms with Crippen LogP contribution in [0.5, 0.6) is 0 Å². The fourth-order valence-corrected chi connectivity index (χ4v) is 2.78. The Bertz CT molecular complexity index is 302. The molecule has 0 unspecified atom stereocenters. The Hall–Kier alpha value is -0.170. The highest BCUT2D eigenvalue weighted by molar-refractivity contribution is 7.89. The first-order valence-electron chi connectivity index (χ1n) is 6.43. The number of hydrogen-bond acceptors (Lipinski definition) is 4. The number of hydrogen-bond donors (Lipinski definition) is 2. The molecule has 0 atom stereocenters. The van der Waals surface area contributed by atoms with E-state index in [1.807, 2.05) is 6.92 Å². The summed E-state index contributed by atoms with van der Waals surface area (Å²) >= 11 is 0. The monoisotopic (exact) mass is 263 g/mol. The molecule has 0 saturated heterocycles. The van der Waals surface area contributed by atoms with Crippen LogP contribution in [0.4, 0.5) is 0 Å². The predicted molar refractivity (Wildman–Crippen MR) is 70.6 cm³/mol. The molecular weight excluding hydrogens is 238 g/mol. The van der Waals surface area contributed by atoms with Crippen LogP contribution in [0.3, 0.4) is 0 Å². The van der Waals surface area contributed by atoms with Gasteiger partial charge in [0.1, 0.15) is 0 Å². The summed E-state index contributed by atoms with van der Waals surface area (Å²) in [6.07, 6.45) is 3.18. The number of sulfonamides is 1. The molecular formula is C11H25N3O2S. The van der Waals surface area contributed by atoms with Crippen molar-refractivity contribution in [2.24, 2.45) is 0 Å². The van der Waals surface area contributed by atoms with Crippen molar-refractivity contribution in [3.8, 4) is 0 Å². The molecule has 0 aliphatic heterocycles. The fraction of sp³-hybridized carbons (Fsp3) is 1.00. The van der Waals surface area contributed by atoms with Gasteiger partial charge in [-0.1, -0.05) is 6.92 Å². The van der Waals surface area contributed by atoms with Crippen molar-refractivity contribution in [1.29, 1.82) is 0 Å². The zero-order valence-corrected chi connectivity index (χ0v) is 11.7. The van der Waals surface area contributed by atoms with Gasteiger partial charge in [0.2, 0.25) is 10.0 Å². The van der Waals surface area contributed by atoms with Crippen LogP contribution in [0, 0.1) is 0 Å². The topological polar surface area (TPSA) is 61.4 Å². The molecule has 1 aliphatic rings. The van der Waals surface area contributed by atoms with E-state index < -0.39 is 10.0 Å². The predicted octanol–water partition coefficient (Wildman–Crippen LogP) is -0.000400. The Kier molecular flexibility index (Phi) is 6.40. The molecule has 0 heterocycles. The van der Waals surface area contributed by atoms with E-state index in [1.54, 1.807) is 0 Å². The van der Waals surface area contributed by atoms with Crippen molar-refractivity contribution >= 4 is 10.0 Å². The van der Waals surface area contributed by atoms with Crippen LogP contribution in [0.1, 0.15) is 26.2 Å². The van der Waals surface area contributed by atoms with E-state index >= 15 is 0 Å². The van der Waals surface area contributed by atoms with E-state index in [0.29, 0.717) is 19.0 Å². The van der Waals surface area contributed by atoms with Crippen molar-refractivity contribution < 1.29 is 8.42 Å². The lowest BCUT2D eigenvalue weighted by Crippen LogP contribution is -2.35. The second-order valence-corrected chi connectivity index (χ2v) is 6.56. The van der Waals surface area contributed by atoms with Gasteiger partial charge in [-0.25, -0.2) is 13.1 Å². The van der Waals surface area contributed by atoms with Crippen LogP contribution in [0.25, 0.3) is 0 Å². The highest BCUT2D eigenvalue weighted by atomic mass is 32.2. The van der Waals surface area contributed by atoms with Crippen LogP contribution < -0.4 is 10.0 Å². The Labute approximate surface area is 105 Å². The normalized spacial score (nSPS) is 16.6. The molecule has 0 bridgehead atoms. The largest absolute Gasteiger partial charge is 0.317 e. The fourth-order valence-electron chi connectivity index (χ4n) is 1.71. The van der Waals surface area contributed by atoms with Crippen molar-refractivity contribution in [2.75, 3.05) is 39.0 Å². The highest BCUT2D eigenvalue weighted by Crippen LogP contribution is 2.24. The Balaban J connectivity index is 2.06. The van der Waals surface area contributed by atoms with Crippen LogP contribution in [-0.2, 0) is 10.0 Å². The van der Waals surface area contributed by atoms with E-state index in [2.05, 4.69) is 22.0 Å². The maximum absolute atomic E-state index is 11.6. The summed E-state index contributed by atoms with van der Waals surface area (Å²) in [4.78, 5) is 2.22. The first-order chi connectivity index (χ1) is 8.05. The lowest BCUT2D eigenvalue weighted by molar-refractivity contribution is 0.329. The maximum atomic E-state index is 11.6. The molecule has 6 heteroatoms. The zero-order valence-electron chi connectivity index (χ0n) is 10.9. The van der Waals surface area contributed by atoms with E-state index in [4.69, 9.17) is 0 Å². The molecule has 17 heavy (non-hydrogen) atoms. The summed E-state index contributed by atoms with van der Waals surface area (Å²) < 4.78 is 25.9. The minimum Gasteiger partial charge on any atom is -0.317 e. The number of likely N-dealkylation sites (N-methyl/N-ethyl adjacent to an activating group) is 1. The van der Waals surface area contributed by atoms with Crippen molar-refractivity contribution in [2.45, 2.75) is 32.2 Å². The smallest absolute Gasteiger partial charge is 0.211 e. The second-order valence-electron chi connectivity index (χ2n) is 4.63. The summed E-state index contributed by atoms with van der Waals surface area (Å²) in [5.74, 6) is 0.215. The molecule has 1 aliphatic carbocycles. The average molecular weight is 263 g/mol. The van der Waals surface area contributed by atoms with Crippen molar-refractivity contribution in [3.63, 3.8) is 0 Å². The van der Waals surface area contributed by atoms with Gasteiger partial charge in [0.15, 0.2) is 0 Å². The van der Waals surface area contributed by atoms with Gasteiger partial charge < -0.3 is 10.2 Å². The molecule has 1 saturated carbocycles. The Morgan fingerprint density at radius 1 is 1.29 bits per heavy atom. The summed E-state index contributed by atoms with van der Waals surface area (Å²) in [7, 11) is -1.03. The van der Waals surface area contributed by atoms with Gasteiger partial charge in [-0.15, -0.1) is 0 Å². The molecule has 5 nitrogen and oxygen atoms in total. The molecule has 0 amide bonds. The quantitative estimate of drug-likeness (QED) is 0.545. The molecule has 0 aromatic carbocycles. The molecule has 0 radical (unpaired) electrons. The highest BCUT2D eigenvalue weighted by Gasteiger charge is 2.25. The van der Waals surface area contributed by atoms with Gasteiger partial charge in [0.05, 0.1) is 5.75 Å². The summed E-state index contributed by atoms with van der Waals surface area (Å²) in [5.41, 5.74) is 0. The lowest BCUT2D eigenvalue weighted by atomic mass is 10.5. The van der Waals surface area contributed by atoms with Gasteiger partial charge in [-0.3, -0.25) is 0 Å². The number of nitrogens with zero attached hydrogens (tertiary/aromatic N) is 1. The summed E-state index contributed by atoms with van der Waals surface area (Å²) in [6, 6.07) is 0.688. The third kappa shape index (κ3) is 6.98. The third-order valence-electron chi connectivity index (χ3n) is 2.97. The van der Waals surface area contributed by atoms with Crippen LogP contribution >= 0.6 is 0 Å². The lowest BCUT2D eigenvalue weighted by Gasteiger charge is -2.15. The van der Waals surface area contributed by atoms with Crippen LogP contribution in [0.2, 0.25) is 0 Å². The van der Waals surface area contributed by atoms with E-state index in [9.17, 15) is 8.42 Å². The molecule has 2 N–H and O–H groups in total. The first kappa shape index (κ1) is 14.9. The van der Waals surface area contributed by atoms with E-state index in [1.165, 1.54) is 12.8 Å². The Morgan fingerprint density at radius 3 is 2.59 bits per heavy atom. The SMILES string of the molecule is CCNCCCS(=O)(=O)NCCN(C)C1CC1. The van der Waals surface area contributed by atoms with E-state index in [0.717, 1.165) is 19.6 Å². The molecule has 0 aromatic rings. The van der Waals surface area contributed by atoms with Gasteiger partial charge in [0, 0.05) is 19.1 Å². The van der Waals surface area contributed by atoms with Crippen molar-refractivity contribution in [1.82, 2.24) is 14.9 Å². The van der Waals surface area contributed by atoms with Gasteiger partial charge in [-0.05, 0) is 39.4 Å². The van der Waals surface area contributed by atoms with Gasteiger partial charge in [-0.2, -0.15) is 0 Å². The van der Waals surface area contributed by atoms with Crippen molar-refractivity contribution in [3.05, 3.63) is 0 Å². The summed E-state index contributed by atoms with van der Waals surface area (Å²) in [6.45, 7) is 4.99. The van der Waals surface area contributed by atoms with E-state index in [-0.39, 0.29) is 5.75 Å². The number of rotatable bonds is 10. The van der Waals surface area contributed by atoms with Gasteiger partial charge in [0.25, 0.3) is 0 Å². The Morgan fingerprint density at radius 2 is 2.00 bits per heavy atom. The average Bonchev–Trinajstić information content (AvgIpc) is 3.08. The molecule has 102 valence electrons. The standard InChI is InChI=1S/C11H25N3O2S/c1-3-12-7-4-10-17(15,16)13-8-9-14(2)11-5-6-11/h11-13H,3-10H2,1-2H3. The minimum absolute atomic E-state index is 0.215. The summed E-state index contributed by atoms with van der Waals surface area (Å²) in [5, 5.41) is 3.12. The molecule has 0 spiro atoms.